The fourth-order valence-corrected chi connectivity index (χ4v) is 7.32. The maximum absolute atomic E-state index is 14.1. The number of methoxy groups -OCH3 is 2. The number of carbonyl (C=O) groups excluding carboxylic acids is 5. The van der Waals surface area contributed by atoms with E-state index in [-0.39, 0.29) is 60.4 Å². The smallest absolute Gasteiger partial charge is 0.245 e. The number of hydrogen-bond acceptors (Lipinski definition) is 9. The van der Waals surface area contributed by atoms with Crippen LogP contribution in [0.15, 0.2) is 24.3 Å². The highest BCUT2D eigenvalue weighted by Gasteiger charge is 2.45. The van der Waals surface area contributed by atoms with Crippen LogP contribution in [0.1, 0.15) is 85.0 Å². The summed E-state index contributed by atoms with van der Waals surface area (Å²) in [5.41, 5.74) is 0.250. The van der Waals surface area contributed by atoms with Gasteiger partial charge in [0.25, 0.3) is 0 Å². The third-order valence-corrected chi connectivity index (χ3v) is 10.7. The number of aliphatic hydroxyl groups excluding tert-OH is 1. The van der Waals surface area contributed by atoms with Gasteiger partial charge in [0.05, 0.1) is 54.8 Å². The van der Waals surface area contributed by atoms with Gasteiger partial charge in [-0.2, -0.15) is 0 Å². The number of nitrogens with one attached hydrogen (secondary N) is 3. The Balaban J connectivity index is 2.29. The first kappa shape index (κ1) is 45.7. The van der Waals surface area contributed by atoms with Gasteiger partial charge in [0.15, 0.2) is 5.78 Å². The van der Waals surface area contributed by atoms with Crippen LogP contribution in [0, 0.1) is 29.5 Å². The van der Waals surface area contributed by atoms with E-state index < -0.39 is 71.9 Å². The monoisotopic (exact) mass is 749 g/mol. The van der Waals surface area contributed by atoms with Crippen molar-refractivity contribution in [2.24, 2.45) is 23.7 Å². The molecular formula is C39H64FN5O8. The number of likely N-dealkylation sites (tertiary alicyclic amines) is 1. The molecule has 2 rings (SSSR count). The van der Waals surface area contributed by atoms with Crippen molar-refractivity contribution in [2.75, 3.05) is 34.9 Å². The van der Waals surface area contributed by atoms with Gasteiger partial charge in [-0.05, 0) is 62.4 Å². The molecule has 1 saturated heterocycles. The van der Waals surface area contributed by atoms with E-state index in [1.165, 1.54) is 50.3 Å². The van der Waals surface area contributed by atoms with Gasteiger partial charge in [-0.15, -0.1) is 0 Å². The second kappa shape index (κ2) is 20.8. The number of carbonyl (C=O) groups is 5. The predicted molar refractivity (Wildman–Crippen MR) is 200 cm³/mol. The summed E-state index contributed by atoms with van der Waals surface area (Å²) in [6, 6.07) is 1.63. The normalized spacial score (nSPS) is 20.6. The molecule has 4 amide bonds. The van der Waals surface area contributed by atoms with Gasteiger partial charge in [0.1, 0.15) is 11.9 Å². The summed E-state index contributed by atoms with van der Waals surface area (Å²) in [5, 5.41) is 19.4. The van der Waals surface area contributed by atoms with Gasteiger partial charge >= 0.3 is 0 Å². The van der Waals surface area contributed by atoms with E-state index in [1.807, 2.05) is 41.5 Å². The zero-order chi connectivity index (χ0) is 40.3. The van der Waals surface area contributed by atoms with Gasteiger partial charge in [-0.25, -0.2) is 4.39 Å². The van der Waals surface area contributed by atoms with Crippen LogP contribution >= 0.6 is 0 Å². The van der Waals surface area contributed by atoms with E-state index in [4.69, 9.17) is 9.47 Å². The number of benzene rings is 1. The van der Waals surface area contributed by atoms with Crippen LogP contribution in [0.3, 0.4) is 0 Å². The molecule has 4 N–H and O–H groups in total. The Morgan fingerprint density at radius 1 is 0.925 bits per heavy atom. The first-order chi connectivity index (χ1) is 24.8. The largest absolute Gasteiger partial charge is 0.391 e. The van der Waals surface area contributed by atoms with E-state index in [9.17, 15) is 33.5 Å². The Kier molecular flexibility index (Phi) is 18.0. The standard InChI is InChI=1S/C39H64FN5O8/c1-13-23(6)34(44(10)39(51)33(22(4)5)43-38(50)32(41-9)21(2)3)30(52-11)19-31(47)45-20-28(46)18-29(45)36(53-12)24(7)37(49)42-25(8)35(48)26-14-16-27(40)17-15-26/h14-17,21-25,28-30,32-34,36,41,46H,13,18-20H2,1-12H3,(H,42,49)(H,43,50)/t23-,24+,25-,28-,29-,30+,32-,33-,34-,36+/m0/s1. The van der Waals surface area contributed by atoms with Crippen molar-refractivity contribution >= 4 is 29.4 Å². The SMILES string of the molecule is CC[C@H](C)[C@@H]([C@@H](CC(=O)N1C[C@@H](O)C[C@H]1[C@H](OC)[C@@H](C)C(=O)N[C@@H](C)C(=O)c1ccc(F)cc1)OC)N(C)C(=O)[C@@H](NC(=O)[C@@H](NC)C(C)C)C(C)C. The molecule has 13 nitrogen and oxygen atoms in total. The number of rotatable bonds is 20. The number of hydrogen-bond donors (Lipinski definition) is 4. The Hall–Kier alpha value is -3.46. The molecular weight excluding hydrogens is 685 g/mol. The summed E-state index contributed by atoms with van der Waals surface area (Å²) in [7, 11) is 6.29. The van der Waals surface area contributed by atoms with Crippen molar-refractivity contribution in [1.82, 2.24) is 25.8 Å². The van der Waals surface area contributed by atoms with E-state index in [0.29, 0.717) is 6.42 Å². The lowest BCUT2D eigenvalue weighted by atomic mass is 9.89. The van der Waals surface area contributed by atoms with Gasteiger partial charge in [-0.1, -0.05) is 54.9 Å². The molecule has 0 aromatic heterocycles. The highest BCUT2D eigenvalue weighted by atomic mass is 19.1. The van der Waals surface area contributed by atoms with Crippen LogP contribution < -0.4 is 16.0 Å². The number of aliphatic hydroxyl groups is 1. The topological polar surface area (TPSA) is 167 Å². The minimum atomic E-state index is -0.914. The second-order valence-electron chi connectivity index (χ2n) is 15.1. The first-order valence-corrected chi connectivity index (χ1v) is 18.7. The van der Waals surface area contributed by atoms with Crippen molar-refractivity contribution < 1.29 is 42.9 Å². The molecule has 0 spiro atoms. The lowest BCUT2D eigenvalue weighted by molar-refractivity contribution is -0.148. The van der Waals surface area contributed by atoms with Crippen molar-refractivity contribution in [3.63, 3.8) is 0 Å². The van der Waals surface area contributed by atoms with Crippen LogP contribution in [0.5, 0.6) is 0 Å². The fourth-order valence-electron chi connectivity index (χ4n) is 7.32. The number of Topliss-reactive ketones (excluding diaryl/α,β-unsaturated/α-hetero) is 1. The minimum Gasteiger partial charge on any atom is -0.391 e. The van der Waals surface area contributed by atoms with Crippen LogP contribution in [0.4, 0.5) is 4.39 Å². The van der Waals surface area contributed by atoms with Crippen LogP contribution in [0.2, 0.25) is 0 Å². The molecule has 0 saturated carbocycles. The summed E-state index contributed by atoms with van der Waals surface area (Å²) in [6.45, 7) is 14.7. The van der Waals surface area contributed by atoms with E-state index in [0.717, 1.165) is 0 Å². The number of β-amino-alcohol motifs (C(OH)–C–C–N with tert-alkyl or cyclic N) is 1. The molecule has 300 valence electrons. The van der Waals surface area contributed by atoms with E-state index in [2.05, 4.69) is 16.0 Å². The van der Waals surface area contributed by atoms with Crippen molar-refractivity contribution in [1.29, 1.82) is 0 Å². The molecule has 0 bridgehead atoms. The molecule has 1 aliphatic heterocycles. The van der Waals surface area contributed by atoms with Gasteiger partial charge in [0, 0.05) is 33.4 Å². The predicted octanol–water partition coefficient (Wildman–Crippen LogP) is 2.79. The Morgan fingerprint density at radius 3 is 2.00 bits per heavy atom. The molecule has 1 aliphatic rings. The number of ether oxygens (including phenoxy) is 2. The van der Waals surface area contributed by atoms with Crippen molar-refractivity contribution in [2.45, 2.75) is 123 Å². The van der Waals surface area contributed by atoms with E-state index >= 15 is 0 Å². The lowest BCUT2D eigenvalue weighted by Gasteiger charge is -2.41. The quantitative estimate of drug-likeness (QED) is 0.147. The average molecular weight is 750 g/mol. The molecule has 0 unspecified atom stereocenters. The number of likely N-dealkylation sites (N-methyl/N-ethyl adjacent to an activating group) is 2. The van der Waals surface area contributed by atoms with Crippen LogP contribution in [-0.2, 0) is 28.7 Å². The van der Waals surface area contributed by atoms with E-state index in [1.54, 1.807) is 25.9 Å². The Labute approximate surface area is 315 Å². The summed E-state index contributed by atoms with van der Waals surface area (Å²) < 4.78 is 25.1. The van der Waals surface area contributed by atoms with Crippen LogP contribution in [-0.4, -0.2) is 128 Å². The first-order valence-electron chi connectivity index (χ1n) is 18.7. The molecule has 10 atom stereocenters. The molecule has 14 heteroatoms. The van der Waals surface area contributed by atoms with Gasteiger partial charge in [-0.3, -0.25) is 24.0 Å². The molecule has 1 aromatic carbocycles. The number of ketones is 1. The van der Waals surface area contributed by atoms with Crippen LogP contribution in [0.25, 0.3) is 0 Å². The molecule has 1 fully saturated rings. The Morgan fingerprint density at radius 2 is 1.51 bits per heavy atom. The summed E-state index contributed by atoms with van der Waals surface area (Å²) in [5.74, 6) is -3.42. The fraction of sp³-hybridized carbons (Fsp3) is 0.718. The molecule has 0 aliphatic carbocycles. The summed E-state index contributed by atoms with van der Waals surface area (Å²) >= 11 is 0. The molecule has 53 heavy (non-hydrogen) atoms. The van der Waals surface area contributed by atoms with Gasteiger partial charge in [0.2, 0.25) is 23.6 Å². The minimum absolute atomic E-state index is 0.000908. The Bertz CT molecular complexity index is 1380. The third-order valence-electron chi connectivity index (χ3n) is 10.7. The van der Waals surface area contributed by atoms with Crippen molar-refractivity contribution in [3.8, 4) is 0 Å². The highest BCUT2D eigenvalue weighted by molar-refractivity contribution is 6.01. The lowest BCUT2D eigenvalue weighted by Crippen LogP contribution is -2.59. The summed E-state index contributed by atoms with van der Waals surface area (Å²) in [6.07, 6.45) is -1.72. The number of halogens is 1. The third kappa shape index (κ3) is 11.8. The summed E-state index contributed by atoms with van der Waals surface area (Å²) in [4.78, 5) is 70.9. The zero-order valence-electron chi connectivity index (χ0n) is 33.6. The number of amides is 4. The molecule has 0 radical (unpaired) electrons. The maximum Gasteiger partial charge on any atom is 0.245 e. The number of nitrogens with zero attached hydrogens (tertiary/aromatic N) is 2. The maximum atomic E-state index is 14.1. The molecule has 1 aromatic rings. The van der Waals surface area contributed by atoms with Gasteiger partial charge < -0.3 is 40.3 Å². The van der Waals surface area contributed by atoms with Crippen molar-refractivity contribution in [3.05, 3.63) is 35.6 Å². The second-order valence-corrected chi connectivity index (χ2v) is 15.1. The average Bonchev–Trinajstić information content (AvgIpc) is 3.50. The zero-order valence-corrected chi connectivity index (χ0v) is 33.6. The highest BCUT2D eigenvalue weighted by Crippen LogP contribution is 2.30. The molecule has 1 heterocycles.